The molecule has 1 saturated carbocycles. The summed E-state index contributed by atoms with van der Waals surface area (Å²) in [6.45, 7) is 0. The molecule has 0 bridgehead atoms. The zero-order chi connectivity index (χ0) is 15.3. The number of urea groups is 1. The number of carbonyl (C=O) groups is 2. The van der Waals surface area contributed by atoms with Gasteiger partial charge in [0.05, 0.1) is 23.2 Å². The Kier molecular flexibility index (Phi) is 2.96. The molecule has 1 saturated heterocycles. The number of alkyl halides is 3. The highest BCUT2D eigenvalue weighted by Crippen LogP contribution is 2.41. The van der Waals surface area contributed by atoms with Crippen LogP contribution in [0.25, 0.3) is 0 Å². The first-order chi connectivity index (χ1) is 9.82. The molecular weight excluding hydrogens is 285 g/mol. The second kappa shape index (κ2) is 4.47. The molecule has 1 aliphatic carbocycles. The number of imide groups is 1. The summed E-state index contributed by atoms with van der Waals surface area (Å²) in [7, 11) is 0. The zero-order valence-corrected chi connectivity index (χ0v) is 11.0. The van der Waals surface area contributed by atoms with Crippen LogP contribution >= 0.6 is 0 Å². The van der Waals surface area contributed by atoms with Crippen LogP contribution in [0, 0.1) is 0 Å². The van der Waals surface area contributed by atoms with Crippen LogP contribution in [0.3, 0.4) is 0 Å². The van der Waals surface area contributed by atoms with Gasteiger partial charge in [-0.05, 0) is 31.4 Å². The molecule has 1 heterocycles. The highest BCUT2D eigenvalue weighted by atomic mass is 19.4. The van der Waals surface area contributed by atoms with Crippen molar-refractivity contribution in [2.24, 2.45) is 0 Å². The fourth-order valence-corrected chi connectivity index (χ4v) is 2.87. The minimum atomic E-state index is -4.62. The lowest BCUT2D eigenvalue weighted by atomic mass is 9.73. The lowest BCUT2D eigenvalue weighted by molar-refractivity contribution is -0.137. The summed E-state index contributed by atoms with van der Waals surface area (Å²) < 4.78 is 39.1. The van der Waals surface area contributed by atoms with E-state index in [-0.39, 0.29) is 6.42 Å². The van der Waals surface area contributed by atoms with Crippen molar-refractivity contribution in [2.45, 2.75) is 37.4 Å². The Morgan fingerprint density at radius 1 is 1.14 bits per heavy atom. The number of halogens is 3. The first-order valence-corrected chi connectivity index (χ1v) is 6.64. The maximum Gasteiger partial charge on any atom is 0.418 e. The Hall–Kier alpha value is -2.05. The van der Waals surface area contributed by atoms with E-state index in [0.717, 1.165) is 18.6 Å². The summed E-state index contributed by atoms with van der Waals surface area (Å²) in [6.07, 6.45) is -2.28. The Bertz CT molecular complexity index is 588. The van der Waals surface area contributed by atoms with Crippen LogP contribution in [0.15, 0.2) is 24.3 Å². The van der Waals surface area contributed by atoms with Gasteiger partial charge in [0.2, 0.25) is 5.91 Å². The molecule has 0 radical (unpaired) electrons. The number of benzene rings is 1. The molecule has 1 aliphatic heterocycles. The molecule has 2 fully saturated rings. The summed E-state index contributed by atoms with van der Waals surface area (Å²) >= 11 is 0. The van der Waals surface area contributed by atoms with Gasteiger partial charge in [0.15, 0.2) is 0 Å². The second-order valence-electron chi connectivity index (χ2n) is 5.48. The van der Waals surface area contributed by atoms with Crippen molar-refractivity contribution >= 4 is 17.6 Å². The highest BCUT2D eigenvalue weighted by molar-refractivity contribution is 6.17. The monoisotopic (exact) mass is 298 g/mol. The topological polar surface area (TPSA) is 49.4 Å². The predicted molar refractivity (Wildman–Crippen MR) is 68.7 cm³/mol. The van der Waals surface area contributed by atoms with E-state index in [9.17, 15) is 22.8 Å². The van der Waals surface area contributed by atoms with Crippen LogP contribution in [0.5, 0.6) is 0 Å². The van der Waals surface area contributed by atoms with Crippen molar-refractivity contribution in [1.29, 1.82) is 0 Å². The quantitative estimate of drug-likeness (QED) is 0.866. The predicted octanol–water partition coefficient (Wildman–Crippen LogP) is 3.07. The summed E-state index contributed by atoms with van der Waals surface area (Å²) in [5.74, 6) is -0.588. The van der Waals surface area contributed by atoms with Crippen LogP contribution in [0.4, 0.5) is 23.7 Å². The fraction of sp³-hybridized carbons (Fsp3) is 0.429. The molecule has 1 aromatic carbocycles. The molecule has 0 unspecified atom stereocenters. The Labute approximate surface area is 118 Å². The first-order valence-electron chi connectivity index (χ1n) is 6.64. The van der Waals surface area contributed by atoms with Gasteiger partial charge in [-0.25, -0.2) is 9.69 Å². The van der Waals surface area contributed by atoms with E-state index in [0.29, 0.717) is 17.7 Å². The zero-order valence-electron chi connectivity index (χ0n) is 11.0. The molecule has 4 nitrogen and oxygen atoms in total. The number of nitrogens with one attached hydrogen (secondary N) is 1. The molecule has 1 aromatic rings. The minimum absolute atomic E-state index is 0.0466. The van der Waals surface area contributed by atoms with Crippen molar-refractivity contribution in [2.75, 3.05) is 4.90 Å². The Balaban J connectivity index is 1.98. The number of hydrogen-bond donors (Lipinski definition) is 1. The molecule has 21 heavy (non-hydrogen) atoms. The van der Waals surface area contributed by atoms with Gasteiger partial charge in [-0.15, -0.1) is 0 Å². The van der Waals surface area contributed by atoms with Crippen LogP contribution < -0.4 is 10.2 Å². The minimum Gasteiger partial charge on any atom is -0.331 e. The number of para-hydroxylation sites is 1. The molecule has 3 rings (SSSR count). The molecule has 1 spiro atoms. The van der Waals surface area contributed by atoms with E-state index in [4.69, 9.17) is 0 Å². The average Bonchev–Trinajstić information content (AvgIpc) is 2.35. The van der Waals surface area contributed by atoms with Crippen LogP contribution in [0.2, 0.25) is 0 Å². The van der Waals surface area contributed by atoms with Crippen molar-refractivity contribution in [1.82, 2.24) is 5.32 Å². The van der Waals surface area contributed by atoms with Crippen molar-refractivity contribution in [3.63, 3.8) is 0 Å². The van der Waals surface area contributed by atoms with E-state index < -0.39 is 34.9 Å². The lowest BCUT2D eigenvalue weighted by Crippen LogP contribution is -2.65. The van der Waals surface area contributed by atoms with Crippen molar-refractivity contribution in [3.8, 4) is 0 Å². The van der Waals surface area contributed by atoms with Gasteiger partial charge in [0.1, 0.15) is 0 Å². The summed E-state index contributed by atoms with van der Waals surface area (Å²) in [6, 6.07) is 3.83. The summed E-state index contributed by atoms with van der Waals surface area (Å²) in [4.78, 5) is 24.9. The molecule has 0 atom stereocenters. The van der Waals surface area contributed by atoms with E-state index in [1.807, 2.05) is 0 Å². The maximum absolute atomic E-state index is 13.0. The van der Waals surface area contributed by atoms with Gasteiger partial charge in [-0.3, -0.25) is 4.79 Å². The number of nitrogens with zero attached hydrogens (tertiary/aromatic N) is 1. The van der Waals surface area contributed by atoms with Crippen molar-refractivity contribution in [3.05, 3.63) is 29.8 Å². The Morgan fingerprint density at radius 3 is 2.33 bits per heavy atom. The van der Waals surface area contributed by atoms with Crippen LogP contribution in [-0.4, -0.2) is 17.5 Å². The number of amides is 3. The maximum atomic E-state index is 13.0. The third kappa shape index (κ3) is 2.26. The van der Waals surface area contributed by atoms with Crippen molar-refractivity contribution < 1.29 is 22.8 Å². The van der Waals surface area contributed by atoms with Gasteiger partial charge in [-0.2, -0.15) is 13.2 Å². The third-order valence-corrected chi connectivity index (χ3v) is 4.08. The van der Waals surface area contributed by atoms with Gasteiger partial charge in [-0.1, -0.05) is 12.1 Å². The molecule has 1 N–H and O–H groups in total. The van der Waals surface area contributed by atoms with Gasteiger partial charge in [0.25, 0.3) is 0 Å². The van der Waals surface area contributed by atoms with E-state index in [1.54, 1.807) is 0 Å². The van der Waals surface area contributed by atoms with E-state index >= 15 is 0 Å². The lowest BCUT2D eigenvalue weighted by Gasteiger charge is -2.47. The van der Waals surface area contributed by atoms with Crippen LogP contribution in [-0.2, 0) is 11.0 Å². The second-order valence-corrected chi connectivity index (χ2v) is 5.48. The normalized spacial score (nSPS) is 21.2. The summed E-state index contributed by atoms with van der Waals surface area (Å²) in [5.41, 5.74) is -1.95. The van der Waals surface area contributed by atoms with E-state index in [2.05, 4.69) is 5.32 Å². The molecule has 2 aliphatic rings. The largest absolute Gasteiger partial charge is 0.418 e. The SMILES string of the molecule is O=C1CC2(CCC2)NC(=O)N1c1ccccc1C(F)(F)F. The standard InChI is InChI=1S/C14H13F3N2O2/c15-14(16,17)9-4-1-2-5-10(9)19-11(20)8-13(6-3-7-13)18-12(19)21/h1-2,4-5H,3,6-8H2,(H,18,21). The van der Waals surface area contributed by atoms with Gasteiger partial charge >= 0.3 is 12.2 Å². The highest BCUT2D eigenvalue weighted by Gasteiger charge is 2.48. The number of anilines is 1. The molecule has 7 heteroatoms. The van der Waals surface area contributed by atoms with E-state index in [1.165, 1.54) is 12.1 Å². The smallest absolute Gasteiger partial charge is 0.331 e. The third-order valence-electron chi connectivity index (χ3n) is 4.08. The van der Waals surface area contributed by atoms with Gasteiger partial charge < -0.3 is 5.32 Å². The summed E-state index contributed by atoms with van der Waals surface area (Å²) in [5, 5.41) is 2.69. The average molecular weight is 298 g/mol. The number of rotatable bonds is 1. The molecule has 0 aromatic heterocycles. The fourth-order valence-electron chi connectivity index (χ4n) is 2.87. The molecular formula is C14H13F3N2O2. The molecule has 112 valence electrons. The number of hydrogen-bond acceptors (Lipinski definition) is 2. The van der Waals surface area contributed by atoms with Gasteiger partial charge in [0, 0.05) is 0 Å². The Morgan fingerprint density at radius 2 is 1.81 bits per heavy atom. The number of carbonyl (C=O) groups excluding carboxylic acids is 2. The molecule has 3 amide bonds. The first kappa shape index (κ1) is 13.9. The van der Waals surface area contributed by atoms with Crippen LogP contribution in [0.1, 0.15) is 31.2 Å².